The van der Waals surface area contributed by atoms with Gasteiger partial charge >= 0.3 is 5.97 Å². The quantitative estimate of drug-likeness (QED) is 0.499. The molecule has 0 heterocycles. The summed E-state index contributed by atoms with van der Waals surface area (Å²) in [5.41, 5.74) is 0. The van der Waals surface area contributed by atoms with Crippen molar-refractivity contribution in [3.05, 3.63) is 0 Å². The highest BCUT2D eigenvalue weighted by Crippen LogP contribution is 1.98. The van der Waals surface area contributed by atoms with Crippen LogP contribution < -0.4 is 5.32 Å². The Morgan fingerprint density at radius 2 is 2.00 bits per heavy atom. The number of rotatable bonds is 12. The van der Waals surface area contributed by atoms with Gasteiger partial charge in [0.1, 0.15) is 0 Å². The molecule has 2 N–H and O–H groups in total. The van der Waals surface area contributed by atoms with Crippen LogP contribution in [0.5, 0.6) is 0 Å². The molecule has 102 valence electrons. The number of nitrogens with zero attached hydrogens (tertiary/aromatic N) is 1. The minimum absolute atomic E-state index is 0.291. The van der Waals surface area contributed by atoms with Crippen LogP contribution in [0.1, 0.15) is 25.7 Å². The molecule has 0 atom stereocenters. The first kappa shape index (κ1) is 16.4. The third-order valence-electron chi connectivity index (χ3n) is 2.59. The number of nitrogens with one attached hydrogen (secondary N) is 1. The Morgan fingerprint density at radius 1 is 1.24 bits per heavy atom. The highest BCUT2D eigenvalue weighted by atomic mass is 16.5. The summed E-state index contributed by atoms with van der Waals surface area (Å²) in [5, 5.41) is 11.8. The predicted octanol–water partition coefficient (Wildman–Crippen LogP) is 0.799. The van der Waals surface area contributed by atoms with Gasteiger partial charge in [-0.2, -0.15) is 0 Å². The molecule has 17 heavy (non-hydrogen) atoms. The third kappa shape index (κ3) is 13.3. The second-order valence-corrected chi connectivity index (χ2v) is 4.25. The second-order valence-electron chi connectivity index (χ2n) is 4.25. The predicted molar refractivity (Wildman–Crippen MR) is 68.3 cm³/mol. The maximum atomic E-state index is 10.3. The lowest BCUT2D eigenvalue weighted by atomic mass is 10.2. The number of carbonyl (C=O) groups is 1. The van der Waals surface area contributed by atoms with Gasteiger partial charge in [-0.3, -0.25) is 4.79 Å². The van der Waals surface area contributed by atoms with Gasteiger partial charge in [-0.15, -0.1) is 0 Å². The Kier molecular flexibility index (Phi) is 11.4. The number of ether oxygens (including phenoxy) is 1. The van der Waals surface area contributed by atoms with E-state index in [4.69, 9.17) is 9.84 Å². The van der Waals surface area contributed by atoms with E-state index in [0.29, 0.717) is 6.42 Å². The largest absolute Gasteiger partial charge is 0.481 e. The molecule has 0 aliphatic heterocycles. The van der Waals surface area contributed by atoms with Gasteiger partial charge in [-0.05, 0) is 26.4 Å². The first-order chi connectivity index (χ1) is 8.16. The lowest BCUT2D eigenvalue weighted by molar-refractivity contribution is -0.137. The molecular formula is C12H26N2O3. The van der Waals surface area contributed by atoms with E-state index in [-0.39, 0.29) is 0 Å². The van der Waals surface area contributed by atoms with Crippen LogP contribution in [0, 0.1) is 0 Å². The van der Waals surface area contributed by atoms with E-state index < -0.39 is 5.97 Å². The van der Waals surface area contributed by atoms with Crippen molar-refractivity contribution in [2.45, 2.75) is 25.7 Å². The summed E-state index contributed by atoms with van der Waals surface area (Å²) in [6, 6.07) is 0. The molecule has 5 nitrogen and oxygen atoms in total. The van der Waals surface area contributed by atoms with Crippen molar-refractivity contribution in [1.29, 1.82) is 0 Å². The number of methoxy groups -OCH3 is 1. The van der Waals surface area contributed by atoms with Crippen molar-refractivity contribution in [2.75, 3.05) is 46.9 Å². The van der Waals surface area contributed by atoms with Crippen molar-refractivity contribution in [1.82, 2.24) is 10.2 Å². The van der Waals surface area contributed by atoms with Crippen LogP contribution in [0.15, 0.2) is 0 Å². The Balaban J connectivity index is 3.10. The SMILES string of the molecule is COCCN(C)CCNCCCCCC(=O)O. The molecule has 0 unspecified atom stereocenters. The average molecular weight is 246 g/mol. The maximum absolute atomic E-state index is 10.3. The normalized spacial score (nSPS) is 11.0. The van der Waals surface area contributed by atoms with Gasteiger partial charge in [-0.1, -0.05) is 6.42 Å². The molecule has 0 aliphatic carbocycles. The zero-order valence-electron chi connectivity index (χ0n) is 11.1. The molecule has 0 aliphatic rings. The van der Waals surface area contributed by atoms with Crippen LogP contribution in [0.25, 0.3) is 0 Å². The van der Waals surface area contributed by atoms with Gasteiger partial charge in [0.05, 0.1) is 6.61 Å². The van der Waals surface area contributed by atoms with Gasteiger partial charge in [0.2, 0.25) is 0 Å². The van der Waals surface area contributed by atoms with Crippen molar-refractivity contribution in [2.24, 2.45) is 0 Å². The van der Waals surface area contributed by atoms with Gasteiger partial charge < -0.3 is 20.1 Å². The maximum Gasteiger partial charge on any atom is 0.303 e. The third-order valence-corrected chi connectivity index (χ3v) is 2.59. The zero-order valence-corrected chi connectivity index (χ0v) is 11.1. The van der Waals surface area contributed by atoms with E-state index in [9.17, 15) is 4.79 Å². The summed E-state index contributed by atoms with van der Waals surface area (Å²) in [4.78, 5) is 12.5. The Hall–Kier alpha value is -0.650. The van der Waals surface area contributed by atoms with Gasteiger partial charge in [0.15, 0.2) is 0 Å². The molecular weight excluding hydrogens is 220 g/mol. The summed E-state index contributed by atoms with van der Waals surface area (Å²) in [5.74, 6) is -0.697. The van der Waals surface area contributed by atoms with Crippen LogP contribution in [0.2, 0.25) is 0 Å². The molecule has 0 saturated heterocycles. The number of likely N-dealkylation sites (N-methyl/N-ethyl adjacent to an activating group) is 1. The summed E-state index contributed by atoms with van der Waals surface area (Å²) >= 11 is 0. The summed E-state index contributed by atoms with van der Waals surface area (Å²) in [6.07, 6.45) is 3.11. The first-order valence-corrected chi connectivity index (χ1v) is 6.26. The van der Waals surface area contributed by atoms with Gasteiger partial charge in [0.25, 0.3) is 0 Å². The van der Waals surface area contributed by atoms with E-state index in [2.05, 4.69) is 17.3 Å². The Bertz CT molecular complexity index is 189. The van der Waals surface area contributed by atoms with Crippen molar-refractivity contribution in [3.63, 3.8) is 0 Å². The number of hydrogen-bond donors (Lipinski definition) is 2. The standard InChI is InChI=1S/C12H26N2O3/c1-14(10-11-17-2)9-8-13-7-5-3-4-6-12(15)16/h13H,3-11H2,1-2H3,(H,15,16). The molecule has 0 saturated carbocycles. The summed E-state index contributed by atoms with van der Waals surface area (Å²) in [7, 11) is 3.79. The second kappa shape index (κ2) is 11.8. The first-order valence-electron chi connectivity index (χ1n) is 6.26. The fraction of sp³-hybridized carbons (Fsp3) is 0.917. The molecule has 0 bridgehead atoms. The average Bonchev–Trinajstić information content (AvgIpc) is 2.29. The van der Waals surface area contributed by atoms with Crippen molar-refractivity contribution in [3.8, 4) is 0 Å². The fourth-order valence-electron chi connectivity index (χ4n) is 1.46. The number of unbranched alkanes of at least 4 members (excludes halogenated alkanes) is 2. The number of carboxylic acids is 1. The summed E-state index contributed by atoms with van der Waals surface area (Å²) in [6.45, 7) is 4.68. The molecule has 0 amide bonds. The van der Waals surface area contributed by atoms with Crippen LogP contribution in [0.4, 0.5) is 0 Å². The van der Waals surface area contributed by atoms with Crippen LogP contribution in [-0.4, -0.2) is 62.9 Å². The van der Waals surface area contributed by atoms with E-state index in [1.807, 2.05) is 0 Å². The number of hydrogen-bond acceptors (Lipinski definition) is 4. The van der Waals surface area contributed by atoms with Gasteiger partial charge in [-0.25, -0.2) is 0 Å². The molecule has 0 fully saturated rings. The minimum Gasteiger partial charge on any atom is -0.481 e. The number of aliphatic carboxylic acids is 1. The summed E-state index contributed by atoms with van der Waals surface area (Å²) < 4.78 is 4.99. The van der Waals surface area contributed by atoms with Crippen molar-refractivity contribution >= 4 is 5.97 Å². The van der Waals surface area contributed by atoms with E-state index in [0.717, 1.165) is 52.0 Å². The molecule has 0 aromatic rings. The Labute approximate surface area is 104 Å². The van der Waals surface area contributed by atoms with E-state index in [1.54, 1.807) is 7.11 Å². The molecule has 0 aromatic carbocycles. The molecule has 0 aromatic heterocycles. The van der Waals surface area contributed by atoms with Crippen molar-refractivity contribution < 1.29 is 14.6 Å². The lowest BCUT2D eigenvalue weighted by Crippen LogP contribution is -2.31. The fourth-order valence-corrected chi connectivity index (χ4v) is 1.46. The lowest BCUT2D eigenvalue weighted by Gasteiger charge is -2.16. The number of carboxylic acid groups (broad SMARTS) is 1. The highest BCUT2D eigenvalue weighted by molar-refractivity contribution is 5.66. The van der Waals surface area contributed by atoms with Crippen LogP contribution in [0.3, 0.4) is 0 Å². The van der Waals surface area contributed by atoms with Crippen LogP contribution in [-0.2, 0) is 9.53 Å². The molecule has 0 spiro atoms. The molecule has 0 rings (SSSR count). The molecule has 0 radical (unpaired) electrons. The molecule has 5 heteroatoms. The van der Waals surface area contributed by atoms with Crippen LogP contribution >= 0.6 is 0 Å². The topological polar surface area (TPSA) is 61.8 Å². The minimum atomic E-state index is -0.697. The van der Waals surface area contributed by atoms with E-state index in [1.165, 1.54) is 0 Å². The monoisotopic (exact) mass is 246 g/mol. The smallest absolute Gasteiger partial charge is 0.303 e. The highest BCUT2D eigenvalue weighted by Gasteiger charge is 1.98. The van der Waals surface area contributed by atoms with Gasteiger partial charge in [0, 0.05) is 33.2 Å². The van der Waals surface area contributed by atoms with E-state index >= 15 is 0 Å². The zero-order chi connectivity index (χ0) is 12.9. The Morgan fingerprint density at radius 3 is 2.65 bits per heavy atom.